The smallest absolute Gasteiger partial charge is 0.253 e. The van der Waals surface area contributed by atoms with E-state index in [2.05, 4.69) is 16.0 Å². The Morgan fingerprint density at radius 2 is 1.44 bits per heavy atom. The molecular weight excluding hydrogens is 602 g/mol. The molecule has 0 bridgehead atoms. The Balaban J connectivity index is 1.48. The monoisotopic (exact) mass is 653 g/mol. The normalized spacial score (nSPS) is 15.8. The SMILES string of the molecule is CN[C@@H](C)C(=O)N[C@H](C(=O)N1CCC[C@H]1CN(CCc1ccccc1)C(=O)c1ccc(C(=O)NCCc2ccccc2)cc1)C(C)(C)C. The number of nitrogens with one attached hydrogen (secondary N) is 3. The van der Waals surface area contributed by atoms with Crippen molar-refractivity contribution in [2.24, 2.45) is 5.41 Å². The summed E-state index contributed by atoms with van der Waals surface area (Å²) in [6, 6.07) is 25.5. The number of carbonyl (C=O) groups is 4. The molecule has 1 saturated heterocycles. The molecule has 9 nitrogen and oxygen atoms in total. The van der Waals surface area contributed by atoms with Crippen molar-refractivity contribution < 1.29 is 19.2 Å². The summed E-state index contributed by atoms with van der Waals surface area (Å²) >= 11 is 0. The largest absolute Gasteiger partial charge is 0.352 e. The summed E-state index contributed by atoms with van der Waals surface area (Å²) in [4.78, 5) is 57.4. The third-order valence-electron chi connectivity index (χ3n) is 9.05. The zero-order chi connectivity index (χ0) is 34.7. The van der Waals surface area contributed by atoms with Gasteiger partial charge in [0.25, 0.3) is 11.8 Å². The topological polar surface area (TPSA) is 111 Å². The number of rotatable bonds is 14. The third kappa shape index (κ3) is 10.0. The Kier molecular flexibility index (Phi) is 12.9. The van der Waals surface area contributed by atoms with Gasteiger partial charge in [0.15, 0.2) is 0 Å². The van der Waals surface area contributed by atoms with Crippen LogP contribution in [0.25, 0.3) is 0 Å². The number of likely N-dealkylation sites (tertiary alicyclic amines) is 1. The van der Waals surface area contributed by atoms with E-state index in [1.54, 1.807) is 38.2 Å². The molecule has 4 rings (SSSR count). The number of amides is 4. The quantitative estimate of drug-likeness (QED) is 0.238. The van der Waals surface area contributed by atoms with Crippen molar-refractivity contribution in [2.45, 2.75) is 71.5 Å². The molecule has 0 spiro atoms. The van der Waals surface area contributed by atoms with Crippen LogP contribution in [0.1, 0.15) is 72.4 Å². The zero-order valence-corrected chi connectivity index (χ0v) is 29.0. The predicted octanol–water partition coefficient (Wildman–Crippen LogP) is 4.47. The van der Waals surface area contributed by atoms with E-state index < -0.39 is 17.5 Å². The molecule has 48 heavy (non-hydrogen) atoms. The van der Waals surface area contributed by atoms with Crippen molar-refractivity contribution in [2.75, 3.05) is 33.2 Å². The van der Waals surface area contributed by atoms with Crippen molar-refractivity contribution in [3.05, 3.63) is 107 Å². The summed E-state index contributed by atoms with van der Waals surface area (Å²) in [6.07, 6.45) is 2.99. The molecule has 0 radical (unpaired) electrons. The second-order valence-electron chi connectivity index (χ2n) is 13.7. The van der Waals surface area contributed by atoms with Gasteiger partial charge in [-0.15, -0.1) is 0 Å². The first-order valence-corrected chi connectivity index (χ1v) is 17.0. The maximum atomic E-state index is 14.1. The van der Waals surface area contributed by atoms with Crippen LogP contribution in [0.5, 0.6) is 0 Å². The van der Waals surface area contributed by atoms with Crippen LogP contribution in [0, 0.1) is 5.41 Å². The lowest BCUT2D eigenvalue weighted by molar-refractivity contribution is -0.140. The molecule has 3 N–H and O–H groups in total. The van der Waals surface area contributed by atoms with Gasteiger partial charge < -0.3 is 25.8 Å². The van der Waals surface area contributed by atoms with E-state index in [0.717, 1.165) is 30.4 Å². The van der Waals surface area contributed by atoms with Gasteiger partial charge in [0, 0.05) is 43.3 Å². The number of nitrogens with zero attached hydrogens (tertiary/aromatic N) is 2. The summed E-state index contributed by atoms with van der Waals surface area (Å²) in [5, 5.41) is 8.88. The van der Waals surface area contributed by atoms with Crippen molar-refractivity contribution in [1.29, 1.82) is 0 Å². The second kappa shape index (κ2) is 17.1. The minimum Gasteiger partial charge on any atom is -0.352 e. The molecule has 1 heterocycles. The second-order valence-corrected chi connectivity index (χ2v) is 13.7. The molecule has 0 saturated carbocycles. The van der Waals surface area contributed by atoms with Crippen molar-refractivity contribution in [1.82, 2.24) is 25.8 Å². The van der Waals surface area contributed by atoms with E-state index in [4.69, 9.17) is 0 Å². The van der Waals surface area contributed by atoms with Gasteiger partial charge in [-0.25, -0.2) is 0 Å². The lowest BCUT2D eigenvalue weighted by Crippen LogP contribution is -2.59. The first kappa shape index (κ1) is 36.3. The van der Waals surface area contributed by atoms with Gasteiger partial charge in [0.05, 0.1) is 6.04 Å². The highest BCUT2D eigenvalue weighted by Crippen LogP contribution is 2.27. The standard InChI is InChI=1S/C39H51N5O4/c1-28(40-5)35(45)42-34(39(2,3)4)38(48)44-25-12-17-33(44)27-43(26-23-30-15-10-7-11-16-30)37(47)32-20-18-31(19-21-32)36(46)41-24-22-29-13-8-6-9-14-29/h6-11,13-16,18-21,28,33-34,40H,12,17,22-27H2,1-5H3,(H,41,46)(H,42,45)/t28-,33-,34+/m0/s1. The van der Waals surface area contributed by atoms with E-state index in [9.17, 15) is 19.2 Å². The van der Waals surface area contributed by atoms with E-state index in [0.29, 0.717) is 43.7 Å². The summed E-state index contributed by atoms with van der Waals surface area (Å²) < 4.78 is 0. The number of benzene rings is 3. The number of likely N-dealkylation sites (N-methyl/N-ethyl adjacent to an activating group) is 1. The fourth-order valence-electron chi connectivity index (χ4n) is 5.98. The number of hydrogen-bond acceptors (Lipinski definition) is 5. The molecule has 0 unspecified atom stereocenters. The fraction of sp³-hybridized carbons (Fsp3) is 0.436. The minimum atomic E-state index is -0.707. The van der Waals surface area contributed by atoms with Crippen molar-refractivity contribution >= 4 is 23.6 Å². The van der Waals surface area contributed by atoms with E-state index in [1.165, 1.54) is 0 Å². The van der Waals surface area contributed by atoms with E-state index >= 15 is 0 Å². The van der Waals surface area contributed by atoms with Crippen LogP contribution >= 0.6 is 0 Å². The van der Waals surface area contributed by atoms with Crippen LogP contribution in [0.15, 0.2) is 84.9 Å². The molecule has 3 atom stereocenters. The van der Waals surface area contributed by atoms with Gasteiger partial charge in [0.1, 0.15) is 6.04 Å². The highest BCUT2D eigenvalue weighted by atomic mass is 16.2. The van der Waals surface area contributed by atoms with Crippen LogP contribution in [-0.4, -0.2) is 84.8 Å². The van der Waals surface area contributed by atoms with Crippen molar-refractivity contribution in [3.63, 3.8) is 0 Å². The third-order valence-corrected chi connectivity index (χ3v) is 9.05. The summed E-state index contributed by atoms with van der Waals surface area (Å²) in [7, 11) is 1.71. The van der Waals surface area contributed by atoms with Crippen LogP contribution in [0.2, 0.25) is 0 Å². The van der Waals surface area contributed by atoms with Gasteiger partial charge in [0.2, 0.25) is 11.8 Å². The zero-order valence-electron chi connectivity index (χ0n) is 29.0. The van der Waals surface area contributed by atoms with Gasteiger partial charge in [-0.05, 0) is 80.5 Å². The predicted molar refractivity (Wildman–Crippen MR) is 190 cm³/mol. The lowest BCUT2D eigenvalue weighted by atomic mass is 9.85. The molecule has 9 heteroatoms. The summed E-state index contributed by atoms with van der Waals surface area (Å²) in [5.41, 5.74) is 2.74. The molecule has 0 aromatic heterocycles. The Labute approximate surface area is 285 Å². The maximum absolute atomic E-state index is 14.1. The molecule has 256 valence electrons. The van der Waals surface area contributed by atoms with Crippen molar-refractivity contribution in [3.8, 4) is 0 Å². The Morgan fingerprint density at radius 1 is 0.854 bits per heavy atom. The van der Waals surface area contributed by atoms with Gasteiger partial charge >= 0.3 is 0 Å². The number of carbonyl (C=O) groups excluding carboxylic acids is 4. The number of hydrogen-bond donors (Lipinski definition) is 3. The van der Waals surface area contributed by atoms with Crippen LogP contribution in [0.4, 0.5) is 0 Å². The lowest BCUT2D eigenvalue weighted by Gasteiger charge is -2.37. The van der Waals surface area contributed by atoms with Gasteiger partial charge in [-0.2, -0.15) is 0 Å². The molecule has 1 fully saturated rings. The van der Waals surface area contributed by atoms with Gasteiger partial charge in [-0.3, -0.25) is 19.2 Å². The first-order valence-electron chi connectivity index (χ1n) is 17.0. The molecule has 1 aliphatic heterocycles. The fourth-order valence-corrected chi connectivity index (χ4v) is 5.98. The van der Waals surface area contributed by atoms with Crippen LogP contribution in [0.3, 0.4) is 0 Å². The molecule has 3 aromatic rings. The van der Waals surface area contributed by atoms with Crippen LogP contribution in [-0.2, 0) is 22.4 Å². The van der Waals surface area contributed by atoms with E-state index in [1.807, 2.05) is 91.2 Å². The average Bonchev–Trinajstić information content (AvgIpc) is 3.56. The molecule has 3 aromatic carbocycles. The molecule has 1 aliphatic rings. The van der Waals surface area contributed by atoms with E-state index in [-0.39, 0.29) is 29.7 Å². The molecular formula is C39H51N5O4. The average molecular weight is 654 g/mol. The molecule has 0 aliphatic carbocycles. The Hall–Kier alpha value is -4.50. The first-order chi connectivity index (χ1) is 23.0. The Morgan fingerprint density at radius 3 is 2.02 bits per heavy atom. The maximum Gasteiger partial charge on any atom is 0.253 e. The summed E-state index contributed by atoms with van der Waals surface area (Å²) in [5.74, 6) is -0.686. The molecule has 4 amide bonds. The van der Waals surface area contributed by atoms with Gasteiger partial charge in [-0.1, -0.05) is 81.4 Å². The Bertz CT molecular complexity index is 1500. The minimum absolute atomic E-state index is 0.125. The highest BCUT2D eigenvalue weighted by Gasteiger charge is 2.40. The summed E-state index contributed by atoms with van der Waals surface area (Å²) in [6.45, 7) is 9.55. The van der Waals surface area contributed by atoms with Crippen LogP contribution < -0.4 is 16.0 Å². The highest BCUT2D eigenvalue weighted by molar-refractivity contribution is 5.98.